The van der Waals surface area contributed by atoms with Crippen molar-refractivity contribution in [2.24, 2.45) is 0 Å². The summed E-state index contributed by atoms with van der Waals surface area (Å²) in [5.74, 6) is -0.637. The lowest BCUT2D eigenvalue weighted by Crippen LogP contribution is -2.54. The summed E-state index contributed by atoms with van der Waals surface area (Å²) in [5, 5.41) is 8.00. The van der Waals surface area contributed by atoms with Crippen LogP contribution >= 0.6 is 0 Å². The van der Waals surface area contributed by atoms with Gasteiger partial charge in [-0.2, -0.15) is 0 Å². The maximum Gasteiger partial charge on any atom is 0.262 e. The van der Waals surface area contributed by atoms with Crippen molar-refractivity contribution in [3.63, 3.8) is 0 Å². The number of hydrogen-bond acceptors (Lipinski definition) is 9. The van der Waals surface area contributed by atoms with Crippen LogP contribution in [0.2, 0.25) is 0 Å². The number of carbonyl (C=O) groups excluding carboxylic acids is 6. The van der Waals surface area contributed by atoms with Crippen molar-refractivity contribution in [2.75, 3.05) is 33.9 Å². The average Bonchev–Trinajstić information content (AvgIpc) is 3.44. The molecule has 1 fully saturated rings. The van der Waals surface area contributed by atoms with Crippen molar-refractivity contribution in [1.82, 2.24) is 20.9 Å². The van der Waals surface area contributed by atoms with Crippen LogP contribution in [0.4, 0.5) is 0 Å². The fraction of sp³-hybridized carbons (Fsp3) is 0.429. The zero-order valence-electron chi connectivity index (χ0n) is 31.6. The molecule has 2 aliphatic rings. The van der Waals surface area contributed by atoms with Gasteiger partial charge >= 0.3 is 0 Å². The number of benzene rings is 3. The highest BCUT2D eigenvalue weighted by Crippen LogP contribution is 2.31. The normalized spacial score (nSPS) is 15.0. The highest BCUT2D eigenvalue weighted by atomic mass is 16.5. The number of fused-ring (bicyclic) bond motifs is 1. The van der Waals surface area contributed by atoms with Gasteiger partial charge in [-0.05, 0) is 85.5 Å². The first-order chi connectivity index (χ1) is 26.7. The molecule has 0 bridgehead atoms. The van der Waals surface area contributed by atoms with E-state index in [0.29, 0.717) is 30.2 Å². The number of carbonyl (C=O) groups is 6. The van der Waals surface area contributed by atoms with Crippen LogP contribution in [-0.4, -0.2) is 80.3 Å². The monoisotopic (exact) mass is 754 g/mol. The Balaban J connectivity index is 0.898. The molecule has 13 nitrogen and oxygen atoms in total. The number of imide groups is 2. The fourth-order valence-electron chi connectivity index (χ4n) is 6.90. The Bertz CT molecular complexity index is 1880. The third-order valence-electron chi connectivity index (χ3n) is 9.80. The van der Waals surface area contributed by atoms with E-state index in [2.05, 4.69) is 22.0 Å². The summed E-state index contributed by atoms with van der Waals surface area (Å²) in [6, 6.07) is 17.5. The quantitative estimate of drug-likeness (QED) is 0.105. The van der Waals surface area contributed by atoms with Gasteiger partial charge in [0.25, 0.3) is 17.7 Å². The molecule has 0 aliphatic carbocycles. The van der Waals surface area contributed by atoms with Crippen LogP contribution in [0.5, 0.6) is 17.2 Å². The lowest BCUT2D eigenvalue weighted by molar-refractivity contribution is -0.136. The van der Waals surface area contributed by atoms with Crippen LogP contribution in [0, 0.1) is 0 Å². The van der Waals surface area contributed by atoms with Crippen LogP contribution in [0.1, 0.15) is 95.2 Å². The van der Waals surface area contributed by atoms with Gasteiger partial charge in [0, 0.05) is 19.5 Å². The summed E-state index contributed by atoms with van der Waals surface area (Å²) >= 11 is 0. The highest BCUT2D eigenvalue weighted by Gasteiger charge is 2.45. The average molecular weight is 755 g/mol. The lowest BCUT2D eigenvalue weighted by atomic mass is 10.00. The number of ether oxygens (including phenoxy) is 3. The second kappa shape index (κ2) is 20.1. The number of nitrogens with one attached hydrogen (secondary N) is 3. The van der Waals surface area contributed by atoms with Crippen molar-refractivity contribution in [3.05, 3.63) is 88.5 Å². The van der Waals surface area contributed by atoms with Gasteiger partial charge in [-0.15, -0.1) is 0 Å². The molecule has 0 saturated carbocycles. The molecule has 2 aliphatic heterocycles. The molecular weight excluding hydrogens is 704 g/mol. The van der Waals surface area contributed by atoms with E-state index in [0.717, 1.165) is 74.0 Å². The Kier molecular flexibility index (Phi) is 14.8. The van der Waals surface area contributed by atoms with Gasteiger partial charge in [0.15, 0.2) is 18.1 Å². The van der Waals surface area contributed by atoms with Crippen molar-refractivity contribution < 1.29 is 43.0 Å². The summed E-state index contributed by atoms with van der Waals surface area (Å²) in [4.78, 5) is 76.2. The standard InChI is InChI=1S/C42H50N4O9/c1-53-34-20-18-29(25-35(34)54-2)13-9-12-28-14-10-16-31(24-28)55-27-38(49)44-23-8-6-4-3-5-7-22-43-37(48)26-30-15-11-17-32-39(30)42(52)46(41(32)51)33-19-21-36(47)45-40(33)50/h10-11,14-18,20,24-25,33H,3-9,12-13,19,21-23,26-27H2,1-2H3,(H,43,48)(H,44,49)(H,45,47,50). The smallest absolute Gasteiger partial charge is 0.262 e. The van der Waals surface area contributed by atoms with E-state index >= 15 is 0 Å². The first kappa shape index (κ1) is 40.5. The molecule has 3 aromatic carbocycles. The van der Waals surface area contributed by atoms with E-state index < -0.39 is 29.7 Å². The summed E-state index contributed by atoms with van der Waals surface area (Å²) < 4.78 is 16.5. The summed E-state index contributed by atoms with van der Waals surface area (Å²) in [7, 11) is 3.26. The number of amides is 6. The van der Waals surface area contributed by atoms with Gasteiger partial charge in [-0.3, -0.25) is 39.0 Å². The van der Waals surface area contributed by atoms with Crippen LogP contribution < -0.4 is 30.2 Å². The van der Waals surface area contributed by atoms with Crippen LogP contribution in [0.3, 0.4) is 0 Å². The third-order valence-corrected chi connectivity index (χ3v) is 9.80. The SMILES string of the molecule is COc1ccc(CCCc2cccc(OCC(=O)NCCCCCCCCNC(=O)Cc3cccc4c3C(=O)N(C3CCC(=O)NC3=O)C4=O)c2)cc1OC. The Labute approximate surface area is 321 Å². The Morgan fingerprint density at radius 3 is 2.13 bits per heavy atom. The predicted octanol–water partition coefficient (Wildman–Crippen LogP) is 4.47. The molecule has 1 unspecified atom stereocenters. The van der Waals surface area contributed by atoms with Gasteiger partial charge < -0.3 is 24.8 Å². The second-order valence-corrected chi connectivity index (χ2v) is 13.8. The van der Waals surface area contributed by atoms with Gasteiger partial charge in [-0.25, -0.2) is 0 Å². The maximum atomic E-state index is 13.3. The molecule has 0 aromatic heterocycles. The van der Waals surface area contributed by atoms with Crippen molar-refractivity contribution >= 4 is 35.4 Å². The van der Waals surface area contributed by atoms with E-state index in [1.807, 2.05) is 36.4 Å². The van der Waals surface area contributed by atoms with Crippen LogP contribution in [-0.2, 0) is 38.4 Å². The number of nitrogens with zero attached hydrogens (tertiary/aromatic N) is 1. The number of aryl methyl sites for hydroxylation is 2. The van der Waals surface area contributed by atoms with Crippen LogP contribution in [0.25, 0.3) is 0 Å². The van der Waals surface area contributed by atoms with E-state index in [1.165, 1.54) is 11.6 Å². The van der Waals surface area contributed by atoms with Crippen molar-refractivity contribution in [3.8, 4) is 17.2 Å². The molecule has 5 rings (SSSR count). The first-order valence-electron chi connectivity index (χ1n) is 19.0. The topological polar surface area (TPSA) is 169 Å². The molecular formula is C42H50N4O9. The van der Waals surface area contributed by atoms with Gasteiger partial charge in [0.1, 0.15) is 11.8 Å². The molecule has 292 valence electrons. The summed E-state index contributed by atoms with van der Waals surface area (Å²) in [6.45, 7) is 1.03. The zero-order chi connectivity index (χ0) is 39.2. The molecule has 3 N–H and O–H groups in total. The largest absolute Gasteiger partial charge is 0.493 e. The van der Waals surface area contributed by atoms with E-state index in [1.54, 1.807) is 26.4 Å². The Morgan fingerprint density at radius 2 is 1.42 bits per heavy atom. The minimum absolute atomic E-state index is 0.0380. The minimum atomic E-state index is -1.06. The Hall–Kier alpha value is -5.72. The third kappa shape index (κ3) is 11.2. The minimum Gasteiger partial charge on any atom is -0.493 e. The van der Waals surface area contributed by atoms with E-state index in [-0.39, 0.29) is 48.8 Å². The molecule has 0 radical (unpaired) electrons. The van der Waals surface area contributed by atoms with Crippen molar-refractivity contribution in [2.45, 2.75) is 83.1 Å². The summed E-state index contributed by atoms with van der Waals surface area (Å²) in [6.07, 6.45) is 8.35. The molecule has 13 heteroatoms. The molecule has 1 saturated heterocycles. The first-order valence-corrected chi connectivity index (χ1v) is 19.0. The van der Waals surface area contributed by atoms with Gasteiger partial charge in [-0.1, -0.05) is 56.0 Å². The van der Waals surface area contributed by atoms with E-state index in [4.69, 9.17) is 14.2 Å². The number of methoxy groups -OCH3 is 2. The molecule has 6 amide bonds. The Morgan fingerprint density at radius 1 is 0.745 bits per heavy atom. The number of hydrogen-bond donors (Lipinski definition) is 3. The number of unbranched alkanes of at least 4 members (excludes halogenated alkanes) is 5. The molecule has 0 spiro atoms. The molecule has 3 aromatic rings. The van der Waals surface area contributed by atoms with E-state index in [9.17, 15) is 28.8 Å². The zero-order valence-corrected chi connectivity index (χ0v) is 31.6. The lowest BCUT2D eigenvalue weighted by Gasteiger charge is -2.27. The summed E-state index contributed by atoms with van der Waals surface area (Å²) in [5.41, 5.74) is 3.04. The number of piperidine rings is 1. The molecule has 55 heavy (non-hydrogen) atoms. The maximum absolute atomic E-state index is 13.3. The fourth-order valence-corrected chi connectivity index (χ4v) is 6.90. The molecule has 2 heterocycles. The second-order valence-electron chi connectivity index (χ2n) is 13.8. The van der Waals surface area contributed by atoms with Gasteiger partial charge in [0.2, 0.25) is 17.7 Å². The predicted molar refractivity (Wildman–Crippen MR) is 204 cm³/mol. The van der Waals surface area contributed by atoms with Gasteiger partial charge in [0.05, 0.1) is 31.8 Å². The number of rotatable bonds is 21. The van der Waals surface area contributed by atoms with Crippen LogP contribution in [0.15, 0.2) is 60.7 Å². The van der Waals surface area contributed by atoms with Crippen molar-refractivity contribution in [1.29, 1.82) is 0 Å². The highest BCUT2D eigenvalue weighted by molar-refractivity contribution is 6.24. The molecule has 1 atom stereocenters.